The summed E-state index contributed by atoms with van der Waals surface area (Å²) in [5.74, 6) is 0.339. The van der Waals surface area contributed by atoms with Gasteiger partial charge in [0.1, 0.15) is 6.04 Å². The number of aryl methyl sites for hydroxylation is 1. The predicted molar refractivity (Wildman–Crippen MR) is 75.3 cm³/mol. The second-order valence-electron chi connectivity index (χ2n) is 5.01. The molecule has 19 heavy (non-hydrogen) atoms. The Morgan fingerprint density at radius 1 is 1.74 bits per heavy atom. The van der Waals surface area contributed by atoms with E-state index in [1.165, 1.54) is 0 Å². The molecule has 1 aromatic heterocycles. The van der Waals surface area contributed by atoms with E-state index in [4.69, 9.17) is 10.5 Å². The summed E-state index contributed by atoms with van der Waals surface area (Å²) in [6, 6.07) is -0.554. The molecule has 5 nitrogen and oxygen atoms in total. The second kappa shape index (κ2) is 6.45. The number of ether oxygens (including phenoxy) is 1. The molecule has 1 aliphatic heterocycles. The zero-order valence-corrected chi connectivity index (χ0v) is 12.3. The van der Waals surface area contributed by atoms with Crippen molar-refractivity contribution >= 4 is 17.2 Å². The molecule has 0 aliphatic carbocycles. The van der Waals surface area contributed by atoms with Gasteiger partial charge in [-0.1, -0.05) is 0 Å². The van der Waals surface area contributed by atoms with Gasteiger partial charge in [0.2, 0.25) is 5.91 Å². The highest BCUT2D eigenvalue weighted by atomic mass is 32.1. The molecule has 0 radical (unpaired) electrons. The number of carbonyl (C=O) groups excluding carboxylic acids is 1. The number of hydrogen-bond donors (Lipinski definition) is 1. The van der Waals surface area contributed by atoms with Gasteiger partial charge >= 0.3 is 0 Å². The third kappa shape index (κ3) is 3.52. The van der Waals surface area contributed by atoms with Gasteiger partial charge in [0.15, 0.2) is 0 Å². The van der Waals surface area contributed by atoms with Crippen LogP contribution in [0.5, 0.6) is 0 Å². The van der Waals surface area contributed by atoms with E-state index in [1.54, 1.807) is 18.4 Å². The highest BCUT2D eigenvalue weighted by Crippen LogP contribution is 2.29. The van der Waals surface area contributed by atoms with Crippen molar-refractivity contribution in [3.63, 3.8) is 0 Å². The number of nitrogens with zero attached hydrogens (tertiary/aromatic N) is 2. The van der Waals surface area contributed by atoms with Crippen molar-refractivity contribution < 1.29 is 9.53 Å². The van der Waals surface area contributed by atoms with E-state index in [0.29, 0.717) is 5.92 Å². The number of nitrogens with two attached hydrogens (primary N) is 1. The Morgan fingerprint density at radius 3 is 3.16 bits per heavy atom. The summed E-state index contributed by atoms with van der Waals surface area (Å²) in [4.78, 5) is 18.6. The number of aromatic nitrogens is 1. The standard InChI is InChI=1S/C13H21N3O2S/c1-9-8-19-12(15-9)10-4-3-5-16(6-10)13(17)11(14)7-18-2/h8,10-11H,3-7,14H2,1-2H3. The van der Waals surface area contributed by atoms with Gasteiger partial charge in [-0.15, -0.1) is 11.3 Å². The second-order valence-corrected chi connectivity index (χ2v) is 5.90. The monoisotopic (exact) mass is 283 g/mol. The van der Waals surface area contributed by atoms with Gasteiger partial charge in [0, 0.05) is 37.2 Å². The predicted octanol–water partition coefficient (Wildman–Crippen LogP) is 1.13. The fourth-order valence-corrected chi connectivity index (χ4v) is 3.35. The first-order valence-electron chi connectivity index (χ1n) is 6.57. The number of hydrogen-bond acceptors (Lipinski definition) is 5. The Balaban J connectivity index is 1.99. The van der Waals surface area contributed by atoms with Crippen molar-refractivity contribution in [3.05, 3.63) is 16.1 Å². The van der Waals surface area contributed by atoms with E-state index in [9.17, 15) is 4.79 Å². The lowest BCUT2D eigenvalue weighted by atomic mass is 9.98. The average molecular weight is 283 g/mol. The lowest BCUT2D eigenvalue weighted by molar-refractivity contribution is -0.135. The Morgan fingerprint density at radius 2 is 2.53 bits per heavy atom. The molecule has 1 fully saturated rings. The Hall–Kier alpha value is -0.980. The van der Waals surface area contributed by atoms with Crippen molar-refractivity contribution in [3.8, 4) is 0 Å². The number of likely N-dealkylation sites (tertiary alicyclic amines) is 1. The summed E-state index contributed by atoms with van der Waals surface area (Å²) in [7, 11) is 1.56. The van der Waals surface area contributed by atoms with Crippen LogP contribution in [0.3, 0.4) is 0 Å². The Kier molecular flexibility index (Phi) is 4.90. The summed E-state index contributed by atoms with van der Waals surface area (Å²) in [6.45, 7) is 3.79. The van der Waals surface area contributed by atoms with Crippen LogP contribution >= 0.6 is 11.3 Å². The number of methoxy groups -OCH3 is 1. The molecule has 1 amide bonds. The molecular weight excluding hydrogens is 262 g/mol. The number of amides is 1. The minimum absolute atomic E-state index is 0.0140. The maximum absolute atomic E-state index is 12.2. The zero-order valence-electron chi connectivity index (χ0n) is 11.5. The first-order chi connectivity index (χ1) is 9.11. The van der Waals surface area contributed by atoms with Crippen molar-refractivity contribution in [1.29, 1.82) is 0 Å². The van der Waals surface area contributed by atoms with Crippen molar-refractivity contribution in [2.75, 3.05) is 26.8 Å². The summed E-state index contributed by atoms with van der Waals surface area (Å²) in [5, 5.41) is 3.20. The van der Waals surface area contributed by atoms with E-state index >= 15 is 0 Å². The minimum atomic E-state index is -0.554. The van der Waals surface area contributed by atoms with Gasteiger partial charge in [-0.3, -0.25) is 4.79 Å². The van der Waals surface area contributed by atoms with E-state index in [-0.39, 0.29) is 12.5 Å². The molecule has 1 saturated heterocycles. The van der Waals surface area contributed by atoms with Crippen molar-refractivity contribution in [1.82, 2.24) is 9.88 Å². The van der Waals surface area contributed by atoms with Crippen LogP contribution in [-0.4, -0.2) is 48.6 Å². The number of rotatable bonds is 4. The van der Waals surface area contributed by atoms with Gasteiger partial charge in [-0.05, 0) is 19.8 Å². The van der Waals surface area contributed by atoms with Crippen molar-refractivity contribution in [2.24, 2.45) is 5.73 Å². The maximum Gasteiger partial charge on any atom is 0.241 e. The lowest BCUT2D eigenvalue weighted by Gasteiger charge is -2.33. The van der Waals surface area contributed by atoms with Crippen LogP contribution in [0.1, 0.15) is 29.5 Å². The molecule has 2 atom stereocenters. The third-order valence-electron chi connectivity index (χ3n) is 3.38. The van der Waals surface area contributed by atoms with Gasteiger partial charge in [-0.25, -0.2) is 4.98 Å². The van der Waals surface area contributed by atoms with Crippen LogP contribution in [0, 0.1) is 6.92 Å². The van der Waals surface area contributed by atoms with Gasteiger partial charge in [0.05, 0.1) is 11.6 Å². The van der Waals surface area contributed by atoms with Crippen molar-refractivity contribution in [2.45, 2.75) is 31.7 Å². The summed E-state index contributed by atoms with van der Waals surface area (Å²) in [6.07, 6.45) is 2.10. The number of carbonyl (C=O) groups is 1. The maximum atomic E-state index is 12.2. The molecule has 0 spiro atoms. The fourth-order valence-electron chi connectivity index (χ4n) is 2.42. The van der Waals surface area contributed by atoms with E-state index < -0.39 is 6.04 Å². The molecule has 0 saturated carbocycles. The molecule has 2 heterocycles. The van der Waals surface area contributed by atoms with E-state index in [0.717, 1.165) is 36.6 Å². The quantitative estimate of drug-likeness (QED) is 0.899. The zero-order chi connectivity index (χ0) is 13.8. The normalized spacial score (nSPS) is 21.4. The fraction of sp³-hybridized carbons (Fsp3) is 0.692. The smallest absolute Gasteiger partial charge is 0.241 e. The molecule has 1 aliphatic rings. The summed E-state index contributed by atoms with van der Waals surface area (Å²) < 4.78 is 4.95. The highest BCUT2D eigenvalue weighted by molar-refractivity contribution is 7.09. The van der Waals surface area contributed by atoms with Gasteiger partial charge in [-0.2, -0.15) is 0 Å². The third-order valence-corrected chi connectivity index (χ3v) is 4.51. The van der Waals surface area contributed by atoms with Crippen LogP contribution in [0.25, 0.3) is 0 Å². The first kappa shape index (κ1) is 14.4. The molecule has 0 aromatic carbocycles. The van der Waals surface area contributed by atoms with Crippen LogP contribution in [-0.2, 0) is 9.53 Å². The molecule has 106 valence electrons. The van der Waals surface area contributed by atoms with Crippen LogP contribution in [0.15, 0.2) is 5.38 Å². The van der Waals surface area contributed by atoms with Crippen LogP contribution < -0.4 is 5.73 Å². The SMILES string of the molecule is COCC(N)C(=O)N1CCCC(c2nc(C)cs2)C1. The Bertz CT molecular complexity index is 435. The number of thiazole rings is 1. The van der Waals surface area contributed by atoms with E-state index in [1.807, 2.05) is 11.8 Å². The van der Waals surface area contributed by atoms with Gasteiger partial charge < -0.3 is 15.4 Å². The molecule has 2 rings (SSSR count). The minimum Gasteiger partial charge on any atom is -0.383 e. The molecule has 2 unspecified atom stereocenters. The topological polar surface area (TPSA) is 68.5 Å². The number of piperidine rings is 1. The Labute approximate surface area is 117 Å². The molecule has 0 bridgehead atoms. The largest absolute Gasteiger partial charge is 0.383 e. The molecular formula is C13H21N3O2S. The van der Waals surface area contributed by atoms with Crippen LogP contribution in [0.4, 0.5) is 0 Å². The first-order valence-corrected chi connectivity index (χ1v) is 7.45. The highest BCUT2D eigenvalue weighted by Gasteiger charge is 2.29. The van der Waals surface area contributed by atoms with Gasteiger partial charge in [0.25, 0.3) is 0 Å². The molecule has 1 aromatic rings. The molecule has 6 heteroatoms. The van der Waals surface area contributed by atoms with E-state index in [2.05, 4.69) is 10.4 Å². The summed E-state index contributed by atoms with van der Waals surface area (Å²) in [5.41, 5.74) is 6.87. The average Bonchev–Trinajstić information content (AvgIpc) is 2.85. The van der Waals surface area contributed by atoms with Crippen LogP contribution in [0.2, 0.25) is 0 Å². The summed E-state index contributed by atoms with van der Waals surface area (Å²) >= 11 is 1.68. The lowest BCUT2D eigenvalue weighted by Crippen LogP contribution is -2.49. The molecule has 2 N–H and O–H groups in total.